The van der Waals surface area contributed by atoms with Gasteiger partial charge < -0.3 is 10.1 Å². The average molecular weight is 594 g/mol. The maximum absolute atomic E-state index is 12.3. The minimum Gasteiger partial charge on any atom is -0.488 e. The van der Waals surface area contributed by atoms with Crippen molar-refractivity contribution in [2.75, 3.05) is 0 Å². The number of nitrogens with zero attached hydrogens (tertiary/aromatic N) is 1. The van der Waals surface area contributed by atoms with E-state index in [-0.39, 0.29) is 5.91 Å². The van der Waals surface area contributed by atoms with Gasteiger partial charge in [0.15, 0.2) is 0 Å². The van der Waals surface area contributed by atoms with Gasteiger partial charge in [0.05, 0.1) is 16.3 Å². The van der Waals surface area contributed by atoms with Gasteiger partial charge >= 0.3 is 0 Å². The van der Waals surface area contributed by atoms with Gasteiger partial charge in [0.1, 0.15) is 18.4 Å². The summed E-state index contributed by atoms with van der Waals surface area (Å²) < 4.78 is 7.21. The van der Waals surface area contributed by atoms with Crippen LogP contribution >= 0.6 is 43.5 Å². The van der Waals surface area contributed by atoms with Gasteiger partial charge in [0, 0.05) is 15.1 Å². The van der Waals surface area contributed by atoms with Gasteiger partial charge in [0.2, 0.25) is 0 Å². The molecular weight excluding hydrogens is 574 g/mol. The number of hydrogen-bond acceptors (Lipinski definition) is 4. The molecule has 0 radical (unpaired) electrons. The molecule has 0 aliphatic carbocycles. The number of carbonyl (C=O) groups excluding carboxylic acids is 2. The molecule has 0 bridgehead atoms. The largest absolute Gasteiger partial charge is 0.488 e. The standard InChI is InChI=1S/C24H20Br2ClN3O3/c1-15(29-24(32)18-7-3-4-8-19(18)25)23(31)30-28-13-16-10-11-22(20(26)12-16)33-14-17-6-2-5-9-21(17)27/h2-13,15H,14H2,1H3,(H,29,32)(H,30,31). The fraction of sp³-hybridized carbons (Fsp3) is 0.125. The molecule has 6 nitrogen and oxygen atoms in total. The van der Waals surface area contributed by atoms with Crippen LogP contribution in [0.5, 0.6) is 5.75 Å². The van der Waals surface area contributed by atoms with Gasteiger partial charge in [-0.25, -0.2) is 5.43 Å². The monoisotopic (exact) mass is 591 g/mol. The highest BCUT2D eigenvalue weighted by atomic mass is 79.9. The average Bonchev–Trinajstić information content (AvgIpc) is 2.79. The van der Waals surface area contributed by atoms with Crippen molar-refractivity contribution in [1.29, 1.82) is 0 Å². The van der Waals surface area contributed by atoms with Crippen LogP contribution in [0.4, 0.5) is 0 Å². The van der Waals surface area contributed by atoms with Gasteiger partial charge in [0.25, 0.3) is 11.8 Å². The van der Waals surface area contributed by atoms with Crippen molar-refractivity contribution >= 4 is 61.5 Å². The third-order valence-corrected chi connectivity index (χ3v) is 6.22. The zero-order chi connectivity index (χ0) is 23.8. The third kappa shape index (κ3) is 7.15. The maximum Gasteiger partial charge on any atom is 0.262 e. The number of amides is 2. The quantitative estimate of drug-likeness (QED) is 0.259. The predicted molar refractivity (Wildman–Crippen MR) is 137 cm³/mol. The van der Waals surface area contributed by atoms with Gasteiger partial charge in [-0.3, -0.25) is 9.59 Å². The first-order valence-corrected chi connectivity index (χ1v) is 11.9. The third-order valence-electron chi connectivity index (χ3n) is 4.54. The van der Waals surface area contributed by atoms with Crippen LogP contribution in [0.3, 0.4) is 0 Å². The fourth-order valence-corrected chi connectivity index (χ4v) is 3.90. The van der Waals surface area contributed by atoms with E-state index in [0.717, 1.165) is 15.6 Å². The number of nitrogens with one attached hydrogen (secondary N) is 2. The molecule has 0 aliphatic heterocycles. The highest BCUT2D eigenvalue weighted by Crippen LogP contribution is 2.27. The summed E-state index contributed by atoms with van der Waals surface area (Å²) in [4.78, 5) is 24.6. The Kier molecular flexibility index (Phi) is 9.05. The molecule has 0 saturated carbocycles. The molecule has 1 unspecified atom stereocenters. The van der Waals surface area contributed by atoms with Crippen molar-refractivity contribution in [2.45, 2.75) is 19.6 Å². The van der Waals surface area contributed by atoms with E-state index >= 15 is 0 Å². The Hall–Kier alpha value is -2.68. The van der Waals surface area contributed by atoms with E-state index in [1.54, 1.807) is 37.3 Å². The van der Waals surface area contributed by atoms with Crippen LogP contribution in [0.25, 0.3) is 0 Å². The fourth-order valence-electron chi connectivity index (χ4n) is 2.74. The van der Waals surface area contributed by atoms with E-state index in [0.29, 0.717) is 27.4 Å². The molecule has 33 heavy (non-hydrogen) atoms. The lowest BCUT2D eigenvalue weighted by molar-refractivity contribution is -0.122. The lowest BCUT2D eigenvalue weighted by atomic mass is 10.2. The normalized spacial score (nSPS) is 11.8. The number of rotatable bonds is 8. The molecule has 3 rings (SSSR count). The predicted octanol–water partition coefficient (Wildman–Crippen LogP) is 5.71. The number of hydrazone groups is 1. The van der Waals surface area contributed by atoms with Crippen molar-refractivity contribution in [3.8, 4) is 5.75 Å². The Morgan fingerprint density at radius 2 is 1.79 bits per heavy atom. The summed E-state index contributed by atoms with van der Waals surface area (Å²) in [7, 11) is 0. The summed E-state index contributed by atoms with van der Waals surface area (Å²) in [5.74, 6) is -0.143. The summed E-state index contributed by atoms with van der Waals surface area (Å²) in [6.45, 7) is 1.92. The molecule has 0 fully saturated rings. The van der Waals surface area contributed by atoms with E-state index in [1.807, 2.05) is 36.4 Å². The second kappa shape index (κ2) is 12.0. The molecule has 3 aromatic carbocycles. The molecule has 1 atom stereocenters. The molecule has 0 heterocycles. The van der Waals surface area contributed by atoms with Crippen LogP contribution < -0.4 is 15.5 Å². The van der Waals surface area contributed by atoms with Crippen molar-refractivity contribution in [2.24, 2.45) is 5.10 Å². The molecule has 3 aromatic rings. The van der Waals surface area contributed by atoms with E-state index in [2.05, 4.69) is 47.7 Å². The topological polar surface area (TPSA) is 79.8 Å². The molecule has 2 N–H and O–H groups in total. The molecule has 0 aromatic heterocycles. The van der Waals surface area contributed by atoms with Crippen LogP contribution in [0.15, 0.2) is 80.8 Å². The Morgan fingerprint density at radius 1 is 1.06 bits per heavy atom. The zero-order valence-electron chi connectivity index (χ0n) is 17.5. The Morgan fingerprint density at radius 3 is 2.52 bits per heavy atom. The molecule has 0 saturated heterocycles. The lowest BCUT2D eigenvalue weighted by Gasteiger charge is -2.13. The zero-order valence-corrected chi connectivity index (χ0v) is 21.4. The highest BCUT2D eigenvalue weighted by Gasteiger charge is 2.17. The Bertz CT molecular complexity index is 1190. The van der Waals surface area contributed by atoms with Gasteiger partial charge in [-0.15, -0.1) is 0 Å². The summed E-state index contributed by atoms with van der Waals surface area (Å²) in [5.41, 5.74) is 4.52. The number of carbonyl (C=O) groups is 2. The summed E-state index contributed by atoms with van der Waals surface area (Å²) in [6.07, 6.45) is 1.50. The van der Waals surface area contributed by atoms with Crippen LogP contribution in [0.1, 0.15) is 28.4 Å². The number of hydrogen-bond donors (Lipinski definition) is 2. The minimum absolute atomic E-state index is 0.338. The molecular formula is C24H20Br2ClN3O3. The first kappa shape index (κ1) is 25.0. The van der Waals surface area contributed by atoms with E-state index in [1.165, 1.54) is 6.21 Å². The first-order chi connectivity index (χ1) is 15.8. The van der Waals surface area contributed by atoms with Crippen molar-refractivity contribution in [3.05, 3.63) is 97.4 Å². The van der Waals surface area contributed by atoms with Crippen molar-refractivity contribution in [1.82, 2.24) is 10.7 Å². The smallest absolute Gasteiger partial charge is 0.262 e. The molecule has 170 valence electrons. The van der Waals surface area contributed by atoms with E-state index < -0.39 is 11.9 Å². The van der Waals surface area contributed by atoms with Gasteiger partial charge in [-0.05, 0) is 80.7 Å². The van der Waals surface area contributed by atoms with Crippen molar-refractivity contribution < 1.29 is 14.3 Å². The lowest BCUT2D eigenvalue weighted by Crippen LogP contribution is -2.43. The number of halogens is 3. The minimum atomic E-state index is -0.769. The SMILES string of the molecule is CC(NC(=O)c1ccccc1Br)C(=O)NN=Cc1ccc(OCc2ccccc2Cl)c(Br)c1. The summed E-state index contributed by atoms with van der Waals surface area (Å²) >= 11 is 13.0. The molecule has 0 spiro atoms. The van der Waals surface area contributed by atoms with Crippen LogP contribution in [-0.4, -0.2) is 24.1 Å². The molecule has 9 heteroatoms. The van der Waals surface area contributed by atoms with Crippen molar-refractivity contribution in [3.63, 3.8) is 0 Å². The molecule has 0 aliphatic rings. The van der Waals surface area contributed by atoms with E-state index in [4.69, 9.17) is 16.3 Å². The second-order valence-corrected chi connectivity index (χ2v) is 9.10. The van der Waals surface area contributed by atoms with Crippen LogP contribution in [0, 0.1) is 0 Å². The van der Waals surface area contributed by atoms with Gasteiger partial charge in [-0.1, -0.05) is 41.9 Å². The van der Waals surface area contributed by atoms with E-state index in [9.17, 15) is 9.59 Å². The Balaban J connectivity index is 1.52. The number of ether oxygens (including phenoxy) is 1. The first-order valence-electron chi connectivity index (χ1n) is 9.89. The van der Waals surface area contributed by atoms with Gasteiger partial charge in [-0.2, -0.15) is 5.10 Å². The second-order valence-electron chi connectivity index (χ2n) is 6.98. The maximum atomic E-state index is 12.3. The Labute approximate surface area is 213 Å². The summed E-state index contributed by atoms with van der Waals surface area (Å²) in [6, 6.07) is 19.1. The highest BCUT2D eigenvalue weighted by molar-refractivity contribution is 9.10. The summed E-state index contributed by atoms with van der Waals surface area (Å²) in [5, 5.41) is 7.27. The number of benzene rings is 3. The molecule has 2 amide bonds. The van der Waals surface area contributed by atoms with Crippen LogP contribution in [-0.2, 0) is 11.4 Å². The van der Waals surface area contributed by atoms with Crippen LogP contribution in [0.2, 0.25) is 5.02 Å².